The Balaban J connectivity index is 0.856. The first-order valence-electron chi connectivity index (χ1n) is 28.9. The number of rotatable bonds is 13. The molecule has 4 N–H and O–H groups in total. The fourth-order valence-corrected chi connectivity index (χ4v) is 14.9. The third-order valence-corrected chi connectivity index (χ3v) is 18.9. The Kier molecular flexibility index (Phi) is 14.5. The molecule has 4 aliphatic heterocycles. The summed E-state index contributed by atoms with van der Waals surface area (Å²) in [5.41, 5.74) is 6.51. The Morgan fingerprint density at radius 3 is 1.44 bits per heavy atom. The van der Waals surface area contributed by atoms with E-state index in [0.717, 1.165) is 110 Å². The van der Waals surface area contributed by atoms with Gasteiger partial charge in [-0.3, -0.25) is 19.4 Å². The lowest BCUT2D eigenvalue weighted by atomic mass is 9.89. The van der Waals surface area contributed by atoms with Gasteiger partial charge in [-0.1, -0.05) is 68.1 Å². The summed E-state index contributed by atoms with van der Waals surface area (Å²) in [5, 5.41) is 20.1. The fraction of sp³-hybridized carbons (Fsp3) is 0.508. The molecule has 6 fully saturated rings. The number of likely N-dealkylation sites (N-methyl/N-ethyl adjacent to an activating group) is 2. The van der Waals surface area contributed by atoms with Crippen LogP contribution in [-0.2, 0) is 9.59 Å². The lowest BCUT2D eigenvalue weighted by Crippen LogP contribution is -2.52. The Hall–Kier alpha value is -7.24. The van der Waals surface area contributed by atoms with E-state index in [4.69, 9.17) is 9.97 Å². The van der Waals surface area contributed by atoms with Crippen LogP contribution in [-0.4, -0.2) is 126 Å². The van der Waals surface area contributed by atoms with Crippen molar-refractivity contribution >= 4 is 57.4 Å². The van der Waals surface area contributed by atoms with E-state index in [-0.39, 0.29) is 53.5 Å². The van der Waals surface area contributed by atoms with Crippen LogP contribution in [0.1, 0.15) is 161 Å². The van der Waals surface area contributed by atoms with Crippen molar-refractivity contribution in [2.24, 2.45) is 11.8 Å². The lowest BCUT2D eigenvalue weighted by molar-refractivity contribution is -0.139. The third kappa shape index (κ3) is 9.91. The fourth-order valence-electron chi connectivity index (χ4n) is 14.9. The van der Waals surface area contributed by atoms with E-state index in [1.807, 2.05) is 57.2 Å². The molecule has 2 saturated carbocycles. The quantitative estimate of drug-likeness (QED) is 0.0867. The number of carbonyl (C=O) groups excluding carboxylic acids is 2. The number of aromatic nitrogens is 4. The number of anilines is 2. The van der Waals surface area contributed by atoms with Gasteiger partial charge in [-0.15, -0.1) is 0 Å². The highest BCUT2D eigenvalue weighted by Crippen LogP contribution is 2.50. The molecule has 2 aliphatic carbocycles. The van der Waals surface area contributed by atoms with Crippen LogP contribution < -0.4 is 9.80 Å². The van der Waals surface area contributed by atoms with E-state index in [1.165, 1.54) is 41.6 Å². The first-order valence-corrected chi connectivity index (χ1v) is 28.9. The standard InChI is InChI=1S/C61H72F2N10O6/c1-68(60(76)77)53(38-14-6-7-15-38)58(74)71-28-10-18-51(71)56-64-45-22-20-40(32-47(45)66-56)49-24-25-50(73(49)42-34-43(62)55(44(63)35-42)70-30-26-37(27-31-70)36-12-4-3-5-13-36)41-21-23-46-48(33-41)67-57(65-46)52-19-11-29-72(52)59(75)54(69(2)61(78)79)39-16-8-9-17-39/h3-5,12-13,20-23,32-35,37-39,49-54H,6-11,14-19,24-31H2,1-2H3,(H,64,66)(H,65,67)(H,76,77)(H,78,79)/t49-,50-,51+,52+,53+,54+/m1/s1. The number of hydrogen-bond donors (Lipinski definition) is 4. The molecular formula is C61H72F2N10O6. The van der Waals surface area contributed by atoms with Crippen LogP contribution in [0.3, 0.4) is 0 Å². The number of carbonyl (C=O) groups is 4. The molecule has 6 aliphatic rings. The second-order valence-electron chi connectivity index (χ2n) is 23.4. The third-order valence-electron chi connectivity index (χ3n) is 18.9. The molecule has 4 aromatic carbocycles. The van der Waals surface area contributed by atoms with E-state index >= 15 is 8.78 Å². The molecule has 0 radical (unpaired) electrons. The molecule has 416 valence electrons. The number of fused-ring (bicyclic) bond motifs is 2. The van der Waals surface area contributed by atoms with Crippen molar-refractivity contribution in [3.8, 4) is 0 Å². The van der Waals surface area contributed by atoms with Crippen LogP contribution in [0.2, 0.25) is 0 Å². The predicted octanol–water partition coefficient (Wildman–Crippen LogP) is 11.8. The van der Waals surface area contributed by atoms with Crippen LogP contribution in [0.15, 0.2) is 78.9 Å². The number of amides is 4. The monoisotopic (exact) mass is 1080 g/mol. The number of H-pyrrole nitrogens is 2. The summed E-state index contributed by atoms with van der Waals surface area (Å²) in [6.07, 6.45) is 10.7. The molecule has 6 heterocycles. The largest absolute Gasteiger partial charge is 0.465 e. The van der Waals surface area contributed by atoms with Crippen LogP contribution in [0.25, 0.3) is 22.1 Å². The smallest absolute Gasteiger partial charge is 0.407 e. The van der Waals surface area contributed by atoms with E-state index in [2.05, 4.69) is 39.1 Å². The van der Waals surface area contributed by atoms with Gasteiger partial charge in [0, 0.05) is 46.0 Å². The Labute approximate surface area is 459 Å². The minimum atomic E-state index is -1.12. The normalized spacial score (nSPS) is 23.1. The van der Waals surface area contributed by atoms with Gasteiger partial charge in [0.05, 0.1) is 46.2 Å². The molecule has 79 heavy (non-hydrogen) atoms. The number of aromatic amines is 2. The minimum Gasteiger partial charge on any atom is -0.465 e. The van der Waals surface area contributed by atoms with Gasteiger partial charge in [0.15, 0.2) is 11.6 Å². The van der Waals surface area contributed by atoms with Crippen LogP contribution in [0, 0.1) is 23.5 Å². The highest BCUT2D eigenvalue weighted by Gasteiger charge is 2.45. The summed E-state index contributed by atoms with van der Waals surface area (Å²) in [4.78, 5) is 80.6. The Bertz CT molecular complexity index is 3060. The average molecular weight is 1080 g/mol. The second kappa shape index (κ2) is 21.8. The predicted molar refractivity (Wildman–Crippen MR) is 297 cm³/mol. The number of hydrogen-bond acceptors (Lipinski definition) is 8. The van der Waals surface area contributed by atoms with Gasteiger partial charge in [0.1, 0.15) is 29.4 Å². The van der Waals surface area contributed by atoms with E-state index < -0.39 is 35.9 Å². The lowest BCUT2D eigenvalue weighted by Gasteiger charge is -2.36. The molecule has 4 amide bonds. The number of likely N-dealkylation sites (tertiary alicyclic amines) is 2. The van der Waals surface area contributed by atoms with Gasteiger partial charge < -0.3 is 39.8 Å². The summed E-state index contributed by atoms with van der Waals surface area (Å²) in [6.45, 7) is 2.08. The highest BCUT2D eigenvalue weighted by atomic mass is 19.1. The van der Waals surface area contributed by atoms with Gasteiger partial charge in [0.2, 0.25) is 11.8 Å². The SMILES string of the molecule is CN(C(=O)O)[C@H](C(=O)N1CCC[C@H]1c1nc2ccc([C@H]3CC[C@H](c4ccc5nc([C@@H]6CCCN6C(=O)[C@H](C6CCCC6)N(C)C(=O)O)[nH]c5c4)N3c3cc(F)c(N4CCC(c5ccccc5)CC4)c(F)c3)cc2[nH]1)C1CCCC1. The van der Waals surface area contributed by atoms with Crippen molar-refractivity contribution in [3.63, 3.8) is 0 Å². The number of carboxylic acid groups (broad SMARTS) is 2. The van der Waals surface area contributed by atoms with Crippen LogP contribution in [0.4, 0.5) is 29.7 Å². The number of halogens is 2. The molecule has 6 aromatic rings. The molecule has 0 bridgehead atoms. The van der Waals surface area contributed by atoms with Crippen LogP contribution in [0.5, 0.6) is 0 Å². The van der Waals surface area contributed by atoms with E-state index in [0.29, 0.717) is 75.1 Å². The average Bonchev–Trinajstić information content (AvgIpc) is 4.53. The van der Waals surface area contributed by atoms with Gasteiger partial charge in [-0.2, -0.15) is 0 Å². The maximum atomic E-state index is 16.9. The van der Waals surface area contributed by atoms with Crippen molar-refractivity contribution in [3.05, 3.63) is 119 Å². The molecule has 0 spiro atoms. The second-order valence-corrected chi connectivity index (χ2v) is 23.4. The van der Waals surface area contributed by atoms with Crippen molar-refractivity contribution < 1.29 is 38.2 Å². The molecule has 2 aromatic heterocycles. The van der Waals surface area contributed by atoms with Gasteiger partial charge in [-0.25, -0.2) is 28.3 Å². The maximum absolute atomic E-state index is 16.9. The molecule has 18 heteroatoms. The summed E-state index contributed by atoms with van der Waals surface area (Å²) in [6, 6.07) is 22.6. The summed E-state index contributed by atoms with van der Waals surface area (Å²) >= 11 is 0. The van der Waals surface area contributed by atoms with Crippen molar-refractivity contribution in [2.45, 2.75) is 145 Å². The van der Waals surface area contributed by atoms with Crippen molar-refractivity contribution in [1.29, 1.82) is 0 Å². The zero-order chi connectivity index (χ0) is 54.6. The zero-order valence-corrected chi connectivity index (χ0v) is 45.2. The van der Waals surface area contributed by atoms with Crippen molar-refractivity contribution in [1.82, 2.24) is 39.5 Å². The van der Waals surface area contributed by atoms with E-state index in [1.54, 1.807) is 0 Å². The number of nitrogens with zero attached hydrogens (tertiary/aromatic N) is 8. The van der Waals surface area contributed by atoms with Gasteiger partial charge in [0.25, 0.3) is 0 Å². The van der Waals surface area contributed by atoms with Gasteiger partial charge >= 0.3 is 12.2 Å². The summed E-state index contributed by atoms with van der Waals surface area (Å²) in [7, 11) is 3.00. The number of imidazole rings is 2. The number of benzene rings is 4. The topological polar surface area (TPSA) is 186 Å². The summed E-state index contributed by atoms with van der Waals surface area (Å²) < 4.78 is 33.8. The zero-order valence-electron chi connectivity index (χ0n) is 45.2. The number of piperidine rings is 1. The van der Waals surface area contributed by atoms with E-state index in [9.17, 15) is 29.4 Å². The maximum Gasteiger partial charge on any atom is 0.407 e. The van der Waals surface area contributed by atoms with Crippen molar-refractivity contribution in [2.75, 3.05) is 50.1 Å². The molecule has 0 unspecified atom stereocenters. The Morgan fingerprint density at radius 2 is 1.00 bits per heavy atom. The number of nitrogens with one attached hydrogen (secondary N) is 2. The highest BCUT2D eigenvalue weighted by molar-refractivity contribution is 5.87. The minimum absolute atomic E-state index is 0.00686. The van der Waals surface area contributed by atoms with Crippen LogP contribution >= 0.6 is 0 Å². The Morgan fingerprint density at radius 1 is 0.544 bits per heavy atom. The first-order chi connectivity index (χ1) is 38.3. The molecule has 6 atom stereocenters. The summed E-state index contributed by atoms with van der Waals surface area (Å²) in [5.74, 6) is -0.0262. The molecule has 12 rings (SSSR count). The molecular weight excluding hydrogens is 1010 g/mol. The molecule has 16 nitrogen and oxygen atoms in total. The van der Waals surface area contributed by atoms with Gasteiger partial charge in [-0.05, 0) is 148 Å². The molecule has 4 saturated heterocycles. The first kappa shape index (κ1) is 52.5.